The van der Waals surface area contributed by atoms with Gasteiger partial charge in [0.1, 0.15) is 11.8 Å². The molecule has 1 aromatic carbocycles. The Morgan fingerprint density at radius 2 is 2.12 bits per heavy atom. The Kier molecular flexibility index (Phi) is 6.27. The summed E-state index contributed by atoms with van der Waals surface area (Å²) in [5, 5.41) is 5.06. The Hall–Kier alpha value is -2.25. The highest BCUT2D eigenvalue weighted by Crippen LogP contribution is 2.35. The molecule has 0 radical (unpaired) electrons. The number of nitrogens with one attached hydrogen (secondary N) is 2. The molecule has 8 heteroatoms. The number of hydrogen-bond donors (Lipinski definition) is 2. The van der Waals surface area contributed by atoms with Crippen molar-refractivity contribution in [3.63, 3.8) is 0 Å². The molecule has 0 aliphatic carbocycles. The first kappa shape index (κ1) is 19.1. The summed E-state index contributed by atoms with van der Waals surface area (Å²) in [6, 6.07) is 2.19. The van der Waals surface area contributed by atoms with Crippen molar-refractivity contribution in [1.29, 1.82) is 0 Å². The number of ether oxygens (including phenoxy) is 1. The lowest BCUT2D eigenvalue weighted by atomic mass is 10.1. The minimum Gasteiger partial charge on any atom is -0.491 e. The number of carbonyl (C=O) groups is 2. The molecule has 1 atom stereocenters. The highest BCUT2D eigenvalue weighted by atomic mass is 19.4. The van der Waals surface area contributed by atoms with Gasteiger partial charge in [0.25, 0.3) is 0 Å². The average molecular weight is 358 g/mol. The third-order valence-corrected chi connectivity index (χ3v) is 3.82. The van der Waals surface area contributed by atoms with Crippen LogP contribution in [0.1, 0.15) is 44.6 Å². The maximum atomic E-state index is 12.9. The van der Waals surface area contributed by atoms with E-state index in [1.165, 1.54) is 6.07 Å². The second-order valence-corrected chi connectivity index (χ2v) is 5.91. The first-order valence-corrected chi connectivity index (χ1v) is 8.25. The predicted octanol–water partition coefficient (Wildman–Crippen LogP) is 3.49. The van der Waals surface area contributed by atoms with Gasteiger partial charge in [0.05, 0.1) is 17.9 Å². The number of hydrogen-bond acceptors (Lipinski definition) is 3. The predicted molar refractivity (Wildman–Crippen MR) is 86.3 cm³/mol. The molecular formula is C17H21F3N2O3. The number of alkyl halides is 3. The van der Waals surface area contributed by atoms with Crippen molar-refractivity contribution < 1.29 is 27.5 Å². The molecule has 0 bridgehead atoms. The van der Waals surface area contributed by atoms with E-state index in [1.54, 1.807) is 0 Å². The summed E-state index contributed by atoms with van der Waals surface area (Å²) in [6.07, 6.45) is -1.69. The lowest BCUT2D eigenvalue weighted by Gasteiger charge is -2.19. The van der Waals surface area contributed by atoms with E-state index in [2.05, 4.69) is 10.6 Å². The number of anilines is 1. The zero-order chi connectivity index (χ0) is 18.4. The first-order valence-electron chi connectivity index (χ1n) is 8.25. The van der Waals surface area contributed by atoms with Crippen LogP contribution in [0.2, 0.25) is 0 Å². The van der Waals surface area contributed by atoms with E-state index < -0.39 is 23.7 Å². The molecule has 1 aliphatic rings. The van der Waals surface area contributed by atoms with E-state index in [0.717, 1.165) is 12.1 Å². The van der Waals surface area contributed by atoms with Crippen molar-refractivity contribution in [3.05, 3.63) is 23.8 Å². The van der Waals surface area contributed by atoms with Crippen molar-refractivity contribution in [1.82, 2.24) is 5.32 Å². The Morgan fingerprint density at radius 3 is 2.80 bits per heavy atom. The van der Waals surface area contributed by atoms with Gasteiger partial charge in [-0.05, 0) is 37.5 Å². The topological polar surface area (TPSA) is 67.4 Å². The summed E-state index contributed by atoms with van der Waals surface area (Å²) in [4.78, 5) is 24.0. The van der Waals surface area contributed by atoms with Crippen LogP contribution in [0.15, 0.2) is 18.2 Å². The van der Waals surface area contributed by atoms with Crippen molar-refractivity contribution in [2.45, 2.75) is 51.2 Å². The molecule has 1 saturated heterocycles. The molecule has 1 aromatic rings. The molecule has 2 N–H and O–H groups in total. The Morgan fingerprint density at radius 1 is 1.36 bits per heavy atom. The molecule has 1 fully saturated rings. The van der Waals surface area contributed by atoms with Gasteiger partial charge in [0.15, 0.2) is 0 Å². The molecular weight excluding hydrogens is 337 g/mol. The second kappa shape index (κ2) is 8.22. The molecule has 2 rings (SSSR count). The lowest BCUT2D eigenvalue weighted by Crippen LogP contribution is -2.42. The van der Waals surface area contributed by atoms with Crippen LogP contribution in [0.5, 0.6) is 5.75 Å². The Labute approximate surface area is 143 Å². The van der Waals surface area contributed by atoms with Crippen LogP contribution in [0.3, 0.4) is 0 Å². The average Bonchev–Trinajstić information content (AvgIpc) is 2.77. The van der Waals surface area contributed by atoms with Gasteiger partial charge >= 0.3 is 6.18 Å². The summed E-state index contributed by atoms with van der Waals surface area (Å²) >= 11 is 0. The zero-order valence-electron chi connectivity index (χ0n) is 13.9. The Balaban J connectivity index is 2.22. The number of benzene rings is 1. The summed E-state index contributed by atoms with van der Waals surface area (Å²) in [5.41, 5.74) is -0.927. The van der Waals surface area contributed by atoms with E-state index in [-0.39, 0.29) is 17.3 Å². The van der Waals surface area contributed by atoms with Gasteiger partial charge in [-0.15, -0.1) is 0 Å². The molecule has 5 nitrogen and oxygen atoms in total. The monoisotopic (exact) mass is 358 g/mol. The summed E-state index contributed by atoms with van der Waals surface area (Å²) in [5.74, 6) is -0.608. The van der Waals surface area contributed by atoms with E-state index in [4.69, 9.17) is 4.74 Å². The summed E-state index contributed by atoms with van der Waals surface area (Å²) in [7, 11) is 0. The number of amides is 2. The van der Waals surface area contributed by atoms with Gasteiger partial charge < -0.3 is 15.4 Å². The first-order chi connectivity index (χ1) is 11.8. The second-order valence-electron chi connectivity index (χ2n) is 5.91. The molecule has 1 heterocycles. The van der Waals surface area contributed by atoms with Gasteiger partial charge in [0.2, 0.25) is 11.8 Å². The quantitative estimate of drug-likeness (QED) is 0.847. The maximum Gasteiger partial charge on any atom is 0.416 e. The van der Waals surface area contributed by atoms with Crippen molar-refractivity contribution in [2.24, 2.45) is 0 Å². The minimum atomic E-state index is -4.53. The highest BCUT2D eigenvalue weighted by Gasteiger charge is 2.32. The van der Waals surface area contributed by atoms with Crippen LogP contribution >= 0.6 is 0 Å². The third kappa shape index (κ3) is 5.37. The third-order valence-electron chi connectivity index (χ3n) is 3.82. The maximum absolute atomic E-state index is 12.9. The Bertz CT molecular complexity index is 632. The minimum absolute atomic E-state index is 0.0493. The normalized spacial score (nSPS) is 18.2. The van der Waals surface area contributed by atoms with Gasteiger partial charge in [-0.25, -0.2) is 0 Å². The van der Waals surface area contributed by atoms with Gasteiger partial charge in [-0.1, -0.05) is 13.3 Å². The van der Waals surface area contributed by atoms with E-state index in [1.807, 2.05) is 6.92 Å². The lowest BCUT2D eigenvalue weighted by molar-refractivity contribution is -0.137. The van der Waals surface area contributed by atoms with Gasteiger partial charge in [-0.2, -0.15) is 13.2 Å². The summed E-state index contributed by atoms with van der Waals surface area (Å²) < 4.78 is 44.2. The molecule has 25 heavy (non-hydrogen) atoms. The van der Waals surface area contributed by atoms with Gasteiger partial charge in [-0.3, -0.25) is 9.59 Å². The van der Waals surface area contributed by atoms with Crippen LogP contribution in [0.25, 0.3) is 0 Å². The summed E-state index contributed by atoms with van der Waals surface area (Å²) in [6.45, 7) is 2.18. The molecule has 1 aliphatic heterocycles. The molecule has 2 amide bonds. The fraction of sp³-hybridized carbons (Fsp3) is 0.529. The molecule has 0 aromatic heterocycles. The van der Waals surface area contributed by atoms with Crippen LogP contribution in [0.4, 0.5) is 18.9 Å². The van der Waals surface area contributed by atoms with E-state index >= 15 is 0 Å². The van der Waals surface area contributed by atoms with Crippen molar-refractivity contribution >= 4 is 17.5 Å². The van der Waals surface area contributed by atoms with Gasteiger partial charge in [0, 0.05) is 6.42 Å². The molecule has 0 spiro atoms. The molecule has 0 saturated carbocycles. The van der Waals surface area contributed by atoms with Crippen LogP contribution in [-0.2, 0) is 15.8 Å². The highest BCUT2D eigenvalue weighted by molar-refractivity contribution is 5.98. The van der Waals surface area contributed by atoms with Crippen molar-refractivity contribution in [3.8, 4) is 5.75 Å². The van der Waals surface area contributed by atoms with E-state index in [0.29, 0.717) is 38.7 Å². The smallest absolute Gasteiger partial charge is 0.416 e. The standard InChI is InChI=1S/C17H21F3N2O3/c1-2-9-25-14-8-7-11(17(18,19)20)10-13(14)22-16(24)12-5-3-4-6-15(23)21-12/h7-8,10,12H,2-6,9H2,1H3,(H,21,23)(H,22,24). The van der Waals surface area contributed by atoms with Crippen molar-refractivity contribution in [2.75, 3.05) is 11.9 Å². The molecule has 1 unspecified atom stereocenters. The fourth-order valence-corrected chi connectivity index (χ4v) is 2.53. The molecule has 138 valence electrons. The van der Waals surface area contributed by atoms with Crippen LogP contribution in [0, 0.1) is 0 Å². The number of rotatable bonds is 5. The van der Waals surface area contributed by atoms with Crippen LogP contribution in [-0.4, -0.2) is 24.5 Å². The largest absolute Gasteiger partial charge is 0.491 e. The fourth-order valence-electron chi connectivity index (χ4n) is 2.53. The number of carbonyl (C=O) groups excluding carboxylic acids is 2. The zero-order valence-corrected chi connectivity index (χ0v) is 13.9. The van der Waals surface area contributed by atoms with Crippen LogP contribution < -0.4 is 15.4 Å². The SMILES string of the molecule is CCCOc1ccc(C(F)(F)F)cc1NC(=O)C1CCCCC(=O)N1. The number of halogens is 3. The van der Waals surface area contributed by atoms with E-state index in [9.17, 15) is 22.8 Å².